The fourth-order valence-corrected chi connectivity index (χ4v) is 4.84. The monoisotopic (exact) mass is 475 g/mol. The topological polar surface area (TPSA) is 64.0 Å². The third kappa shape index (κ3) is 5.54. The first-order valence-corrected chi connectivity index (χ1v) is 12.2. The summed E-state index contributed by atoms with van der Waals surface area (Å²) in [6.45, 7) is 2.51. The quantitative estimate of drug-likeness (QED) is 0.257. The minimum atomic E-state index is -0.427. The van der Waals surface area contributed by atoms with Gasteiger partial charge in [-0.15, -0.1) is 0 Å². The molecule has 1 aromatic heterocycles. The second-order valence-corrected chi connectivity index (χ2v) is 9.15. The molecule has 1 amide bonds. The van der Waals surface area contributed by atoms with Gasteiger partial charge in [-0.05, 0) is 48.4 Å². The number of halogens is 1. The zero-order valence-corrected chi connectivity index (χ0v) is 19.7. The van der Waals surface area contributed by atoms with E-state index in [1.54, 1.807) is 30.3 Å². The molecule has 1 heterocycles. The van der Waals surface area contributed by atoms with E-state index in [0.717, 1.165) is 18.4 Å². The van der Waals surface area contributed by atoms with Crippen LogP contribution in [0.5, 0.6) is 0 Å². The van der Waals surface area contributed by atoms with Crippen molar-refractivity contribution in [3.8, 4) is 5.69 Å². The lowest BCUT2D eigenvalue weighted by Crippen LogP contribution is -2.33. The Kier molecular flexibility index (Phi) is 7.75. The van der Waals surface area contributed by atoms with E-state index in [-0.39, 0.29) is 17.3 Å². The van der Waals surface area contributed by atoms with Crippen LogP contribution in [-0.2, 0) is 11.3 Å². The van der Waals surface area contributed by atoms with E-state index in [9.17, 15) is 14.0 Å². The van der Waals surface area contributed by atoms with Gasteiger partial charge in [0.25, 0.3) is 5.56 Å². The number of aromatic nitrogens is 2. The van der Waals surface area contributed by atoms with E-state index in [2.05, 4.69) is 12.2 Å². The van der Waals surface area contributed by atoms with Gasteiger partial charge in [0.1, 0.15) is 5.82 Å². The van der Waals surface area contributed by atoms with E-state index in [1.165, 1.54) is 28.5 Å². The first kappa shape index (κ1) is 23.7. The maximum Gasteiger partial charge on any atom is 0.266 e. The van der Waals surface area contributed by atoms with Crippen molar-refractivity contribution in [3.63, 3.8) is 0 Å². The average Bonchev–Trinajstić information content (AvgIpc) is 2.86. The number of hydrogen-bond acceptors (Lipinski definition) is 4. The predicted molar refractivity (Wildman–Crippen MR) is 135 cm³/mol. The molecule has 5 nitrogen and oxygen atoms in total. The van der Waals surface area contributed by atoms with Gasteiger partial charge in [0.05, 0.1) is 21.8 Å². The van der Waals surface area contributed by atoms with Gasteiger partial charge in [-0.2, -0.15) is 0 Å². The van der Waals surface area contributed by atoms with Crippen LogP contribution < -0.4 is 10.9 Å². The number of thioether (sulfide) groups is 1. The van der Waals surface area contributed by atoms with Gasteiger partial charge in [-0.25, -0.2) is 9.37 Å². The standard InChI is InChI=1S/C27H26FN3O2S/c1-2-3-13-24(25(32)29-18-19-9-5-4-6-10-19)34-27-30-23-12-8-7-11-22(23)26(33)31(27)21-16-14-20(28)15-17-21/h4-12,14-17,24H,2-3,13,18H2,1H3,(H,29,32). The summed E-state index contributed by atoms with van der Waals surface area (Å²) in [5.41, 5.74) is 1.83. The van der Waals surface area contributed by atoms with Crippen LogP contribution in [0.2, 0.25) is 0 Å². The van der Waals surface area contributed by atoms with E-state index >= 15 is 0 Å². The molecule has 3 aromatic carbocycles. The summed E-state index contributed by atoms with van der Waals surface area (Å²) >= 11 is 1.27. The molecule has 0 fully saturated rings. The largest absolute Gasteiger partial charge is 0.351 e. The molecule has 1 N–H and O–H groups in total. The number of rotatable bonds is 9. The number of amides is 1. The zero-order valence-electron chi connectivity index (χ0n) is 18.9. The smallest absolute Gasteiger partial charge is 0.266 e. The Morgan fingerprint density at radius 1 is 1.03 bits per heavy atom. The summed E-state index contributed by atoms with van der Waals surface area (Å²) in [5.74, 6) is -0.490. The maximum atomic E-state index is 13.6. The van der Waals surface area contributed by atoms with Gasteiger partial charge < -0.3 is 5.32 Å². The molecule has 0 spiro atoms. The van der Waals surface area contributed by atoms with Crippen molar-refractivity contribution in [1.82, 2.24) is 14.9 Å². The second kappa shape index (κ2) is 11.1. The van der Waals surface area contributed by atoms with Gasteiger partial charge in [0.2, 0.25) is 5.91 Å². The number of fused-ring (bicyclic) bond motifs is 1. The summed E-state index contributed by atoms with van der Waals surface area (Å²) < 4.78 is 15.0. The Hall–Kier alpha value is -3.45. The highest BCUT2D eigenvalue weighted by molar-refractivity contribution is 8.00. The molecule has 0 aliphatic carbocycles. The fraction of sp³-hybridized carbons (Fsp3) is 0.222. The molecule has 4 aromatic rings. The van der Waals surface area contributed by atoms with E-state index in [0.29, 0.717) is 34.7 Å². The number of nitrogens with zero attached hydrogens (tertiary/aromatic N) is 2. The highest BCUT2D eigenvalue weighted by Gasteiger charge is 2.23. The summed E-state index contributed by atoms with van der Waals surface area (Å²) in [4.78, 5) is 31.3. The third-order valence-electron chi connectivity index (χ3n) is 5.50. The van der Waals surface area contributed by atoms with Crippen LogP contribution in [-0.4, -0.2) is 20.7 Å². The lowest BCUT2D eigenvalue weighted by molar-refractivity contribution is -0.120. The molecule has 0 radical (unpaired) electrons. The number of nitrogens with one attached hydrogen (secondary N) is 1. The van der Waals surface area contributed by atoms with E-state index in [4.69, 9.17) is 4.98 Å². The Bertz CT molecular complexity index is 1320. The highest BCUT2D eigenvalue weighted by Crippen LogP contribution is 2.28. The number of para-hydroxylation sites is 1. The van der Waals surface area contributed by atoms with Gasteiger partial charge in [-0.1, -0.05) is 74.0 Å². The summed E-state index contributed by atoms with van der Waals surface area (Å²) in [7, 11) is 0. The van der Waals surface area contributed by atoms with Crippen LogP contribution >= 0.6 is 11.8 Å². The third-order valence-corrected chi connectivity index (χ3v) is 6.72. The van der Waals surface area contributed by atoms with Gasteiger partial charge in [0.15, 0.2) is 5.16 Å². The van der Waals surface area contributed by atoms with Crippen molar-refractivity contribution < 1.29 is 9.18 Å². The normalized spacial score (nSPS) is 11.9. The number of carbonyl (C=O) groups is 1. The van der Waals surface area contributed by atoms with Crippen molar-refractivity contribution in [1.29, 1.82) is 0 Å². The van der Waals surface area contributed by atoms with Gasteiger partial charge in [-0.3, -0.25) is 14.2 Å². The van der Waals surface area contributed by atoms with Gasteiger partial charge in [0, 0.05) is 6.54 Å². The molecule has 4 rings (SSSR count). The number of carbonyl (C=O) groups excluding carboxylic acids is 1. The average molecular weight is 476 g/mol. The molecule has 1 unspecified atom stereocenters. The highest BCUT2D eigenvalue weighted by atomic mass is 32.2. The molecule has 0 aliphatic heterocycles. The van der Waals surface area contributed by atoms with Crippen LogP contribution in [0.3, 0.4) is 0 Å². The fourth-order valence-electron chi connectivity index (χ4n) is 3.67. The lowest BCUT2D eigenvalue weighted by atomic mass is 10.2. The first-order valence-electron chi connectivity index (χ1n) is 11.3. The molecular formula is C27H26FN3O2S. The van der Waals surface area contributed by atoms with Crippen molar-refractivity contribution in [2.24, 2.45) is 0 Å². The van der Waals surface area contributed by atoms with Crippen molar-refractivity contribution in [2.45, 2.75) is 43.1 Å². The Morgan fingerprint density at radius 3 is 2.47 bits per heavy atom. The molecule has 174 valence electrons. The summed E-state index contributed by atoms with van der Waals surface area (Å²) in [5, 5.41) is 3.47. The molecule has 0 saturated heterocycles. The van der Waals surface area contributed by atoms with Crippen molar-refractivity contribution >= 4 is 28.6 Å². The van der Waals surface area contributed by atoms with E-state index in [1.807, 2.05) is 36.4 Å². The van der Waals surface area contributed by atoms with Gasteiger partial charge >= 0.3 is 0 Å². The number of hydrogen-bond donors (Lipinski definition) is 1. The zero-order chi connectivity index (χ0) is 23.9. The van der Waals surface area contributed by atoms with Crippen LogP contribution in [0.25, 0.3) is 16.6 Å². The number of benzene rings is 3. The van der Waals surface area contributed by atoms with E-state index < -0.39 is 5.25 Å². The first-order chi connectivity index (χ1) is 16.6. The lowest BCUT2D eigenvalue weighted by Gasteiger charge is -2.19. The molecule has 0 aliphatic rings. The van der Waals surface area contributed by atoms with Crippen LogP contribution in [0.1, 0.15) is 31.7 Å². The molecule has 0 saturated carbocycles. The van der Waals surface area contributed by atoms with Crippen LogP contribution in [0.4, 0.5) is 4.39 Å². The minimum absolute atomic E-state index is 0.102. The SMILES string of the molecule is CCCCC(Sc1nc2ccccc2c(=O)n1-c1ccc(F)cc1)C(=O)NCc1ccccc1. The van der Waals surface area contributed by atoms with Crippen molar-refractivity contribution in [3.05, 3.63) is 101 Å². The maximum absolute atomic E-state index is 13.6. The Balaban J connectivity index is 1.70. The Labute approximate surface area is 202 Å². The van der Waals surface area contributed by atoms with Crippen LogP contribution in [0, 0.1) is 5.82 Å². The Morgan fingerprint density at radius 2 is 1.74 bits per heavy atom. The molecule has 34 heavy (non-hydrogen) atoms. The summed E-state index contributed by atoms with van der Waals surface area (Å²) in [6.07, 6.45) is 2.46. The molecular weight excluding hydrogens is 449 g/mol. The second-order valence-electron chi connectivity index (χ2n) is 7.98. The van der Waals surface area contributed by atoms with Crippen LogP contribution in [0.15, 0.2) is 88.8 Å². The molecule has 0 bridgehead atoms. The number of unbranched alkanes of at least 4 members (excludes halogenated alkanes) is 1. The van der Waals surface area contributed by atoms with Crippen molar-refractivity contribution in [2.75, 3.05) is 0 Å². The molecule has 7 heteroatoms. The summed E-state index contributed by atoms with van der Waals surface area (Å²) in [6, 6.07) is 22.6. The predicted octanol–water partition coefficient (Wildman–Crippen LogP) is 5.49. The molecule has 1 atom stereocenters. The minimum Gasteiger partial charge on any atom is -0.351 e.